The average Bonchev–Trinajstić information content (AvgIpc) is 3.67. The number of carbonyl (C=O) groups excluding carboxylic acids is 1. The Morgan fingerprint density at radius 2 is 1.97 bits per heavy atom. The van der Waals surface area contributed by atoms with Gasteiger partial charge in [0.1, 0.15) is 6.61 Å². The van der Waals surface area contributed by atoms with E-state index in [1.165, 1.54) is 0 Å². The van der Waals surface area contributed by atoms with Crippen LogP contribution in [-0.2, 0) is 22.5 Å². The van der Waals surface area contributed by atoms with E-state index in [0.29, 0.717) is 25.2 Å². The number of hydrogen-bond acceptors (Lipinski definition) is 6. The molecule has 2 N–H and O–H groups in total. The standard InChI is InChI=1S/C30H29N5O3/c1-37-26-15-25(34(17-26)30(36)38-18-20-5-3-2-4-6-20)14-23-12-22-13-24(8-10-27(22)33-23)35-19-32-28-9-7-21(16-31)11-29(28)35/h2-13,25-26,32-33H,14-15,17-19H2,1H3. The summed E-state index contributed by atoms with van der Waals surface area (Å²) < 4.78 is 11.2. The molecule has 8 heteroatoms. The number of carbonyl (C=O) groups is 1. The molecule has 192 valence electrons. The lowest BCUT2D eigenvalue weighted by molar-refractivity contribution is 0.0800. The molecule has 2 unspecified atom stereocenters. The fraction of sp³-hybridized carbons (Fsp3) is 0.267. The number of ether oxygens (including phenoxy) is 2. The normalized spacial score (nSPS) is 18.3. The maximum atomic E-state index is 13.0. The zero-order valence-corrected chi connectivity index (χ0v) is 21.2. The molecule has 1 aromatic heterocycles. The van der Waals surface area contributed by atoms with Crippen LogP contribution in [0, 0.1) is 11.3 Å². The van der Waals surface area contributed by atoms with Gasteiger partial charge in [-0.05, 0) is 54.4 Å². The second-order valence-electron chi connectivity index (χ2n) is 9.82. The van der Waals surface area contributed by atoms with Gasteiger partial charge >= 0.3 is 6.09 Å². The lowest BCUT2D eigenvalue weighted by Gasteiger charge is -2.23. The van der Waals surface area contributed by atoms with Crippen molar-refractivity contribution in [2.75, 3.05) is 30.5 Å². The highest BCUT2D eigenvalue weighted by Crippen LogP contribution is 2.38. The molecule has 3 heterocycles. The number of aromatic nitrogens is 1. The first-order valence-corrected chi connectivity index (χ1v) is 12.8. The highest BCUT2D eigenvalue weighted by molar-refractivity contribution is 5.89. The number of fused-ring (bicyclic) bond motifs is 2. The smallest absolute Gasteiger partial charge is 0.410 e. The molecule has 0 radical (unpaired) electrons. The number of rotatable bonds is 6. The minimum absolute atomic E-state index is 0.0127. The van der Waals surface area contributed by atoms with Crippen molar-refractivity contribution in [2.24, 2.45) is 0 Å². The quantitative estimate of drug-likeness (QED) is 0.357. The van der Waals surface area contributed by atoms with Crippen LogP contribution in [0.15, 0.2) is 72.8 Å². The first-order valence-electron chi connectivity index (χ1n) is 12.8. The predicted molar refractivity (Wildman–Crippen MR) is 146 cm³/mol. The lowest BCUT2D eigenvalue weighted by atomic mass is 10.1. The molecule has 2 aliphatic heterocycles. The Morgan fingerprint density at radius 3 is 2.79 bits per heavy atom. The molecule has 4 aromatic rings. The molecule has 38 heavy (non-hydrogen) atoms. The number of nitrogens with one attached hydrogen (secondary N) is 2. The number of hydrogen-bond donors (Lipinski definition) is 2. The molecule has 0 spiro atoms. The SMILES string of the molecule is COC1CC(Cc2cc3cc(N4CNc5ccc(C#N)cc54)ccc3[nH]2)N(C(=O)OCc2ccccc2)C1. The summed E-state index contributed by atoms with van der Waals surface area (Å²) in [4.78, 5) is 20.5. The monoisotopic (exact) mass is 507 g/mol. The number of anilines is 3. The van der Waals surface area contributed by atoms with E-state index in [0.717, 1.165) is 45.6 Å². The molecule has 8 nitrogen and oxygen atoms in total. The Labute approximate surface area is 221 Å². The van der Waals surface area contributed by atoms with Crippen molar-refractivity contribution in [3.63, 3.8) is 0 Å². The van der Waals surface area contributed by atoms with Crippen molar-refractivity contribution >= 4 is 34.1 Å². The van der Waals surface area contributed by atoms with Gasteiger partial charge in [-0.25, -0.2) is 4.79 Å². The Kier molecular flexibility index (Phi) is 6.36. The van der Waals surface area contributed by atoms with Crippen molar-refractivity contribution in [1.82, 2.24) is 9.88 Å². The number of benzene rings is 3. The van der Waals surface area contributed by atoms with Gasteiger partial charge in [0, 0.05) is 41.9 Å². The van der Waals surface area contributed by atoms with Gasteiger partial charge in [-0.2, -0.15) is 5.26 Å². The number of methoxy groups -OCH3 is 1. The molecule has 0 bridgehead atoms. The molecule has 1 saturated heterocycles. The van der Waals surface area contributed by atoms with Crippen LogP contribution in [0.2, 0.25) is 0 Å². The molecule has 3 aromatic carbocycles. The first kappa shape index (κ1) is 23.9. The maximum absolute atomic E-state index is 13.0. The van der Waals surface area contributed by atoms with Crippen molar-refractivity contribution < 1.29 is 14.3 Å². The number of aromatic amines is 1. The number of likely N-dealkylation sites (tertiary alicyclic amines) is 1. The van der Waals surface area contributed by atoms with Crippen molar-refractivity contribution in [3.05, 3.63) is 89.6 Å². The largest absolute Gasteiger partial charge is 0.445 e. The number of amides is 1. The Bertz CT molecular complexity index is 1510. The Morgan fingerprint density at radius 1 is 1.11 bits per heavy atom. The lowest BCUT2D eigenvalue weighted by Crippen LogP contribution is -2.37. The molecule has 2 aliphatic rings. The van der Waals surface area contributed by atoms with E-state index in [2.05, 4.69) is 45.5 Å². The van der Waals surface area contributed by atoms with E-state index in [1.54, 1.807) is 12.0 Å². The second-order valence-corrected chi connectivity index (χ2v) is 9.82. The topological polar surface area (TPSA) is 93.6 Å². The van der Waals surface area contributed by atoms with Gasteiger partial charge in [0.15, 0.2) is 0 Å². The highest BCUT2D eigenvalue weighted by Gasteiger charge is 2.36. The zero-order valence-electron chi connectivity index (χ0n) is 21.2. The van der Waals surface area contributed by atoms with Gasteiger partial charge < -0.3 is 29.6 Å². The van der Waals surface area contributed by atoms with Crippen LogP contribution in [0.5, 0.6) is 0 Å². The van der Waals surface area contributed by atoms with Gasteiger partial charge in [-0.1, -0.05) is 30.3 Å². The Hall–Kier alpha value is -4.48. The molecular weight excluding hydrogens is 478 g/mol. The summed E-state index contributed by atoms with van der Waals surface area (Å²) in [6.07, 6.45) is 1.12. The summed E-state index contributed by atoms with van der Waals surface area (Å²) in [6.45, 7) is 1.42. The summed E-state index contributed by atoms with van der Waals surface area (Å²) in [6, 6.07) is 26.1. The number of H-pyrrole nitrogens is 1. The minimum Gasteiger partial charge on any atom is -0.445 e. The van der Waals surface area contributed by atoms with E-state index in [1.807, 2.05) is 48.5 Å². The molecular formula is C30H29N5O3. The van der Waals surface area contributed by atoms with Crippen molar-refractivity contribution in [2.45, 2.75) is 31.6 Å². The molecule has 0 aliphatic carbocycles. The summed E-state index contributed by atoms with van der Waals surface area (Å²) >= 11 is 0. The average molecular weight is 508 g/mol. The summed E-state index contributed by atoms with van der Waals surface area (Å²) in [5.41, 5.74) is 6.78. The van der Waals surface area contributed by atoms with Gasteiger partial charge in [-0.15, -0.1) is 0 Å². The number of nitrogens with zero attached hydrogens (tertiary/aromatic N) is 3. The first-order chi connectivity index (χ1) is 18.6. The third-order valence-corrected chi connectivity index (χ3v) is 7.42. The van der Waals surface area contributed by atoms with Crippen LogP contribution >= 0.6 is 0 Å². The van der Waals surface area contributed by atoms with Crippen molar-refractivity contribution in [3.8, 4) is 6.07 Å². The zero-order chi connectivity index (χ0) is 26.1. The van der Waals surface area contributed by atoms with E-state index < -0.39 is 0 Å². The predicted octanol–water partition coefficient (Wildman–Crippen LogP) is 5.53. The van der Waals surface area contributed by atoms with E-state index in [4.69, 9.17) is 9.47 Å². The molecule has 1 amide bonds. The van der Waals surface area contributed by atoms with Crippen LogP contribution in [0.3, 0.4) is 0 Å². The molecule has 0 saturated carbocycles. The van der Waals surface area contributed by atoms with Crippen molar-refractivity contribution in [1.29, 1.82) is 5.26 Å². The fourth-order valence-corrected chi connectivity index (χ4v) is 5.43. The summed E-state index contributed by atoms with van der Waals surface area (Å²) in [7, 11) is 1.69. The highest BCUT2D eigenvalue weighted by atomic mass is 16.6. The van der Waals surface area contributed by atoms with Gasteiger partial charge in [0.25, 0.3) is 0 Å². The van der Waals surface area contributed by atoms with Crippen LogP contribution in [0.25, 0.3) is 10.9 Å². The third kappa shape index (κ3) is 4.64. The maximum Gasteiger partial charge on any atom is 0.410 e. The molecule has 6 rings (SSSR count). The van der Waals surface area contributed by atoms with Gasteiger partial charge in [0.2, 0.25) is 0 Å². The number of nitriles is 1. The van der Waals surface area contributed by atoms with E-state index in [-0.39, 0.29) is 24.8 Å². The van der Waals surface area contributed by atoms with E-state index in [9.17, 15) is 10.1 Å². The van der Waals surface area contributed by atoms with Crippen LogP contribution < -0.4 is 10.2 Å². The second kappa shape index (κ2) is 10.1. The third-order valence-electron chi connectivity index (χ3n) is 7.42. The van der Waals surface area contributed by atoms with Gasteiger partial charge in [0.05, 0.1) is 42.3 Å². The molecule has 2 atom stereocenters. The minimum atomic E-state index is -0.311. The fourth-order valence-electron chi connectivity index (χ4n) is 5.43. The summed E-state index contributed by atoms with van der Waals surface area (Å²) in [5.74, 6) is 0. The van der Waals surface area contributed by atoms with Crippen LogP contribution in [0.4, 0.5) is 21.9 Å². The molecule has 1 fully saturated rings. The van der Waals surface area contributed by atoms with Crippen LogP contribution in [-0.4, -0.2) is 48.4 Å². The van der Waals surface area contributed by atoms with E-state index >= 15 is 0 Å². The summed E-state index contributed by atoms with van der Waals surface area (Å²) in [5, 5.41) is 13.8. The van der Waals surface area contributed by atoms with Gasteiger partial charge in [-0.3, -0.25) is 0 Å². The Balaban J connectivity index is 1.19. The van der Waals surface area contributed by atoms with Crippen LogP contribution in [0.1, 0.15) is 23.2 Å².